The van der Waals surface area contributed by atoms with Gasteiger partial charge < -0.3 is 19.7 Å². The van der Waals surface area contributed by atoms with Crippen molar-refractivity contribution in [1.29, 1.82) is 0 Å². The number of aliphatic hydroxyl groups is 1. The average Bonchev–Trinajstić information content (AvgIpc) is 3.21. The number of hydrogen-bond donors (Lipinski definition) is 2. The van der Waals surface area contributed by atoms with E-state index in [4.69, 9.17) is 32.9 Å². The number of aromatic nitrogens is 3. The molecule has 1 aliphatic rings. The molecule has 0 saturated carbocycles. The predicted octanol–water partition coefficient (Wildman–Crippen LogP) is 5.85. The Balaban J connectivity index is 1.72. The van der Waals surface area contributed by atoms with E-state index in [1.54, 1.807) is 18.3 Å². The molecule has 176 valence electrons. The van der Waals surface area contributed by atoms with Gasteiger partial charge in [-0.05, 0) is 62.6 Å². The molecule has 1 unspecified atom stereocenters. The van der Waals surface area contributed by atoms with E-state index in [9.17, 15) is 5.11 Å². The molecule has 1 saturated heterocycles. The van der Waals surface area contributed by atoms with Crippen LogP contribution < -0.4 is 9.64 Å². The summed E-state index contributed by atoms with van der Waals surface area (Å²) >= 11 is 13.1. The van der Waals surface area contributed by atoms with Gasteiger partial charge in [0.15, 0.2) is 17.2 Å². The van der Waals surface area contributed by atoms with Gasteiger partial charge in [0.2, 0.25) is 0 Å². The first-order valence-corrected chi connectivity index (χ1v) is 12.1. The molecule has 3 heterocycles. The van der Waals surface area contributed by atoms with Crippen LogP contribution in [0.3, 0.4) is 0 Å². The summed E-state index contributed by atoms with van der Waals surface area (Å²) in [7, 11) is 0. The third-order valence-electron chi connectivity index (χ3n) is 6.14. The molecule has 34 heavy (non-hydrogen) atoms. The van der Waals surface area contributed by atoms with E-state index in [-0.39, 0.29) is 6.10 Å². The van der Waals surface area contributed by atoms with E-state index in [1.165, 1.54) is 0 Å². The molecule has 4 aromatic rings. The van der Waals surface area contributed by atoms with Gasteiger partial charge in [-0.25, -0.2) is 9.97 Å². The summed E-state index contributed by atoms with van der Waals surface area (Å²) < 4.78 is 6.12. The average molecular weight is 497 g/mol. The summed E-state index contributed by atoms with van der Waals surface area (Å²) in [5, 5.41) is 14.0. The second kappa shape index (κ2) is 8.77. The third kappa shape index (κ3) is 3.90. The monoisotopic (exact) mass is 496 g/mol. The van der Waals surface area contributed by atoms with Gasteiger partial charge in [-0.2, -0.15) is 0 Å². The number of benzene rings is 2. The number of aryl methyl sites for hydroxylation is 1. The van der Waals surface area contributed by atoms with Crippen LogP contribution in [0.15, 0.2) is 48.7 Å². The highest BCUT2D eigenvalue weighted by Crippen LogP contribution is 2.44. The number of fused-ring (bicyclic) bond motifs is 1. The van der Waals surface area contributed by atoms with Gasteiger partial charge in [0.1, 0.15) is 5.82 Å². The number of imidazole rings is 1. The highest BCUT2D eigenvalue weighted by atomic mass is 35.5. The summed E-state index contributed by atoms with van der Waals surface area (Å²) in [5.41, 5.74) is 1.07. The molecule has 0 radical (unpaired) electrons. The Morgan fingerprint density at radius 3 is 2.38 bits per heavy atom. The number of pyridine rings is 1. The number of anilines is 1. The van der Waals surface area contributed by atoms with Crippen molar-refractivity contribution in [3.8, 4) is 5.75 Å². The van der Waals surface area contributed by atoms with E-state index in [0.29, 0.717) is 43.8 Å². The van der Waals surface area contributed by atoms with Crippen LogP contribution in [0.25, 0.3) is 10.9 Å². The fourth-order valence-electron chi connectivity index (χ4n) is 4.28. The Hall–Kier alpha value is -2.80. The summed E-state index contributed by atoms with van der Waals surface area (Å²) in [6.45, 7) is 7.64. The van der Waals surface area contributed by atoms with E-state index in [0.717, 1.165) is 30.8 Å². The van der Waals surface area contributed by atoms with Crippen molar-refractivity contribution in [2.45, 2.75) is 38.9 Å². The Bertz CT molecular complexity index is 1350. The minimum Gasteiger partial charge on any atom is -0.486 e. The Labute approximate surface area is 208 Å². The van der Waals surface area contributed by atoms with Crippen LogP contribution in [0.2, 0.25) is 10.0 Å². The number of aromatic amines is 1. The second-order valence-corrected chi connectivity index (χ2v) is 9.73. The van der Waals surface area contributed by atoms with Gasteiger partial charge in [0.25, 0.3) is 0 Å². The number of rotatable bonds is 6. The quantitative estimate of drug-likeness (QED) is 0.349. The third-order valence-corrected chi connectivity index (χ3v) is 6.77. The van der Waals surface area contributed by atoms with Crippen molar-refractivity contribution < 1.29 is 9.84 Å². The van der Waals surface area contributed by atoms with Gasteiger partial charge >= 0.3 is 0 Å². The van der Waals surface area contributed by atoms with Crippen molar-refractivity contribution in [3.63, 3.8) is 0 Å². The van der Waals surface area contributed by atoms with E-state index >= 15 is 0 Å². The lowest BCUT2D eigenvalue weighted by Gasteiger charge is -2.34. The summed E-state index contributed by atoms with van der Waals surface area (Å²) in [6, 6.07) is 12.8. The zero-order valence-corrected chi connectivity index (χ0v) is 20.8. The number of ether oxygens (including phenoxy) is 1. The van der Waals surface area contributed by atoms with Gasteiger partial charge in [-0.15, -0.1) is 0 Å². The van der Waals surface area contributed by atoms with Gasteiger partial charge in [0.05, 0.1) is 28.5 Å². The lowest BCUT2D eigenvalue weighted by Crippen LogP contribution is -2.38. The molecule has 6 nitrogen and oxygen atoms in total. The molecule has 0 spiro atoms. The standard InChI is InChI=1S/C26H26Cl2N4O2/c1-15(2)34-24-23(28)20-13-18(7-10-21(20)31-25(24)32-11-4-12-32)26(33,22-14-29-16(3)30-22)17-5-8-19(27)9-6-17/h5-10,13-15,33H,4,11-12H2,1-3H3,(H,29,30). The van der Waals surface area contributed by atoms with E-state index < -0.39 is 5.60 Å². The normalized spacial score (nSPS) is 15.4. The van der Waals surface area contributed by atoms with Crippen LogP contribution in [0.5, 0.6) is 5.75 Å². The largest absolute Gasteiger partial charge is 0.486 e. The maximum absolute atomic E-state index is 12.2. The molecule has 5 rings (SSSR count). The highest BCUT2D eigenvalue weighted by molar-refractivity contribution is 6.37. The topological polar surface area (TPSA) is 74.3 Å². The van der Waals surface area contributed by atoms with Crippen molar-refractivity contribution in [2.75, 3.05) is 18.0 Å². The van der Waals surface area contributed by atoms with Crippen LogP contribution in [-0.2, 0) is 5.60 Å². The number of H-pyrrole nitrogens is 1. The lowest BCUT2D eigenvalue weighted by atomic mass is 9.83. The van der Waals surface area contributed by atoms with E-state index in [2.05, 4.69) is 14.9 Å². The van der Waals surface area contributed by atoms with Crippen molar-refractivity contribution in [3.05, 3.63) is 81.4 Å². The maximum Gasteiger partial charge on any atom is 0.181 e. The van der Waals surface area contributed by atoms with Gasteiger partial charge in [-0.3, -0.25) is 0 Å². The Kier molecular flexibility index (Phi) is 5.92. The highest BCUT2D eigenvalue weighted by Gasteiger charge is 2.36. The zero-order chi connectivity index (χ0) is 24.0. The first-order chi connectivity index (χ1) is 16.3. The number of nitrogens with one attached hydrogen (secondary N) is 1. The minimum atomic E-state index is -1.50. The number of halogens is 2. The Morgan fingerprint density at radius 1 is 1.09 bits per heavy atom. The fourth-order valence-corrected chi connectivity index (χ4v) is 4.68. The van der Waals surface area contributed by atoms with Gasteiger partial charge in [0, 0.05) is 23.5 Å². The van der Waals surface area contributed by atoms with E-state index in [1.807, 2.05) is 51.1 Å². The maximum atomic E-state index is 12.2. The first kappa shape index (κ1) is 23.0. The molecular formula is C26H26Cl2N4O2. The van der Waals surface area contributed by atoms with Crippen molar-refractivity contribution in [1.82, 2.24) is 15.0 Å². The van der Waals surface area contributed by atoms with Crippen molar-refractivity contribution in [2.24, 2.45) is 0 Å². The van der Waals surface area contributed by atoms with Crippen LogP contribution >= 0.6 is 23.2 Å². The first-order valence-electron chi connectivity index (χ1n) is 11.3. The molecule has 2 aromatic heterocycles. The number of nitrogens with zero attached hydrogens (tertiary/aromatic N) is 3. The molecule has 8 heteroatoms. The Morgan fingerprint density at radius 2 is 1.79 bits per heavy atom. The van der Waals surface area contributed by atoms with Crippen LogP contribution in [-0.4, -0.2) is 39.3 Å². The summed E-state index contributed by atoms with van der Waals surface area (Å²) in [6.07, 6.45) is 2.71. The molecule has 0 amide bonds. The van der Waals surface area contributed by atoms with Crippen LogP contribution in [0.4, 0.5) is 5.82 Å². The molecule has 0 bridgehead atoms. The molecule has 1 fully saturated rings. The summed E-state index contributed by atoms with van der Waals surface area (Å²) in [5.74, 6) is 2.05. The lowest BCUT2D eigenvalue weighted by molar-refractivity contribution is 0.121. The minimum absolute atomic E-state index is 0.0565. The molecule has 2 N–H and O–H groups in total. The fraction of sp³-hybridized carbons (Fsp3) is 0.308. The molecule has 0 aliphatic carbocycles. The second-order valence-electron chi connectivity index (χ2n) is 8.92. The zero-order valence-electron chi connectivity index (χ0n) is 19.3. The van der Waals surface area contributed by atoms with Crippen LogP contribution in [0.1, 0.15) is 42.9 Å². The predicted molar refractivity (Wildman–Crippen MR) is 136 cm³/mol. The smallest absolute Gasteiger partial charge is 0.181 e. The number of hydrogen-bond acceptors (Lipinski definition) is 5. The molecule has 1 aliphatic heterocycles. The van der Waals surface area contributed by atoms with Crippen LogP contribution in [0, 0.1) is 6.92 Å². The molecule has 2 aromatic carbocycles. The summed E-state index contributed by atoms with van der Waals surface area (Å²) in [4.78, 5) is 14.6. The molecule has 1 atom stereocenters. The van der Waals surface area contributed by atoms with Gasteiger partial charge in [-0.1, -0.05) is 41.4 Å². The van der Waals surface area contributed by atoms with Crippen molar-refractivity contribution >= 4 is 39.9 Å². The SMILES string of the molecule is Cc1ncc(C(O)(c2ccc(Cl)cc2)c2ccc3nc(N4CCC4)c(OC(C)C)c(Cl)c3c2)[nH]1. The molecular weight excluding hydrogens is 471 g/mol.